The Morgan fingerprint density at radius 2 is 2.13 bits per heavy atom. The molecule has 164 valence electrons. The molecule has 1 amide bonds. The third kappa shape index (κ3) is 4.14. The smallest absolute Gasteiger partial charge is 0.267 e. The van der Waals surface area contributed by atoms with Gasteiger partial charge in [-0.3, -0.25) is 18.9 Å². The number of aliphatic hydroxyl groups is 1. The molecule has 1 atom stereocenters. The van der Waals surface area contributed by atoms with Crippen molar-refractivity contribution in [2.24, 2.45) is 0 Å². The topological polar surface area (TPSA) is 86.9 Å². The van der Waals surface area contributed by atoms with Gasteiger partial charge in [-0.05, 0) is 43.9 Å². The standard InChI is InChI=1S/C22H26N4O3S2/c1-3-14(12-27)23-18-16(20(28)25-10-6-7-13(2)19(25)24-18)11-17-21(29)26(22(30)31-17)15-8-4-5-9-15/h6-7,10-11,14-15,23,27H,3-5,8-9,12H2,1-2H3/b17-11-/t14-/m1/s1. The molecule has 2 aliphatic rings. The number of carbonyl (C=O) groups excluding carboxylic acids is 1. The number of thiocarbonyl (C=S) groups is 1. The van der Waals surface area contributed by atoms with Crippen molar-refractivity contribution in [2.75, 3.05) is 11.9 Å². The first-order valence-electron chi connectivity index (χ1n) is 10.6. The van der Waals surface area contributed by atoms with Crippen molar-refractivity contribution < 1.29 is 9.90 Å². The average Bonchev–Trinajstić information content (AvgIpc) is 3.37. The van der Waals surface area contributed by atoms with Crippen LogP contribution in [0.15, 0.2) is 28.0 Å². The molecule has 0 unspecified atom stereocenters. The summed E-state index contributed by atoms with van der Waals surface area (Å²) in [7, 11) is 0. The van der Waals surface area contributed by atoms with Crippen LogP contribution in [0.4, 0.5) is 5.82 Å². The van der Waals surface area contributed by atoms with Crippen molar-refractivity contribution in [3.05, 3.63) is 44.7 Å². The molecule has 1 aliphatic heterocycles. The third-order valence-corrected chi connectivity index (χ3v) is 7.26. The molecule has 1 saturated heterocycles. The lowest BCUT2D eigenvalue weighted by Crippen LogP contribution is -2.36. The highest BCUT2D eigenvalue weighted by atomic mass is 32.2. The fourth-order valence-corrected chi connectivity index (χ4v) is 5.49. The van der Waals surface area contributed by atoms with E-state index in [1.807, 2.05) is 19.9 Å². The number of aliphatic hydroxyl groups excluding tert-OH is 1. The van der Waals surface area contributed by atoms with Gasteiger partial charge >= 0.3 is 0 Å². The maximum Gasteiger partial charge on any atom is 0.267 e. The first-order valence-corrected chi connectivity index (χ1v) is 11.8. The number of hydrogen-bond donors (Lipinski definition) is 2. The van der Waals surface area contributed by atoms with Crippen LogP contribution < -0.4 is 10.9 Å². The van der Waals surface area contributed by atoms with Crippen LogP contribution in [0.1, 0.15) is 50.2 Å². The molecule has 3 heterocycles. The lowest BCUT2D eigenvalue weighted by atomic mass is 10.2. The molecule has 2 aromatic heterocycles. The number of rotatable bonds is 6. The minimum Gasteiger partial charge on any atom is -0.394 e. The zero-order chi connectivity index (χ0) is 22.1. The van der Waals surface area contributed by atoms with Gasteiger partial charge in [0, 0.05) is 12.2 Å². The molecular formula is C22H26N4O3S2. The zero-order valence-corrected chi connectivity index (χ0v) is 19.3. The Morgan fingerprint density at radius 1 is 1.39 bits per heavy atom. The molecule has 2 aromatic rings. The van der Waals surface area contributed by atoms with Gasteiger partial charge in [0.1, 0.15) is 15.8 Å². The number of amides is 1. The maximum atomic E-state index is 13.4. The van der Waals surface area contributed by atoms with Crippen molar-refractivity contribution in [2.45, 2.75) is 58.0 Å². The average molecular weight is 459 g/mol. The van der Waals surface area contributed by atoms with Crippen LogP contribution in [-0.2, 0) is 4.79 Å². The number of aryl methyl sites for hydroxylation is 1. The normalized spacial score (nSPS) is 19.7. The van der Waals surface area contributed by atoms with Gasteiger partial charge in [0.25, 0.3) is 11.5 Å². The van der Waals surface area contributed by atoms with E-state index in [0.29, 0.717) is 32.7 Å². The Labute approximate surface area is 190 Å². The van der Waals surface area contributed by atoms with E-state index in [4.69, 9.17) is 12.2 Å². The van der Waals surface area contributed by atoms with Crippen LogP contribution in [0.25, 0.3) is 11.7 Å². The molecule has 31 heavy (non-hydrogen) atoms. The van der Waals surface area contributed by atoms with Crippen molar-refractivity contribution >= 4 is 51.7 Å². The third-order valence-electron chi connectivity index (χ3n) is 5.93. The van der Waals surface area contributed by atoms with Crippen LogP contribution in [-0.4, -0.2) is 48.3 Å². The minimum absolute atomic E-state index is 0.0887. The second kappa shape index (κ2) is 9.10. The summed E-state index contributed by atoms with van der Waals surface area (Å²) in [5.74, 6) is 0.224. The molecule has 4 rings (SSSR count). The second-order valence-corrected chi connectivity index (χ2v) is 9.66. The van der Waals surface area contributed by atoms with E-state index in [-0.39, 0.29) is 30.2 Å². The zero-order valence-electron chi connectivity index (χ0n) is 17.6. The lowest BCUT2D eigenvalue weighted by molar-refractivity contribution is -0.123. The van der Waals surface area contributed by atoms with Crippen LogP contribution in [0, 0.1) is 6.92 Å². The Kier molecular flexibility index (Phi) is 6.45. The van der Waals surface area contributed by atoms with Crippen LogP contribution in [0.5, 0.6) is 0 Å². The van der Waals surface area contributed by atoms with Gasteiger partial charge in [-0.25, -0.2) is 4.98 Å². The summed E-state index contributed by atoms with van der Waals surface area (Å²) in [4.78, 5) is 33.4. The highest BCUT2D eigenvalue weighted by Crippen LogP contribution is 2.38. The number of aromatic nitrogens is 2. The summed E-state index contributed by atoms with van der Waals surface area (Å²) in [5, 5.41) is 12.8. The Hall–Kier alpha value is -2.23. The minimum atomic E-state index is -0.268. The predicted molar refractivity (Wildman–Crippen MR) is 128 cm³/mol. The van der Waals surface area contributed by atoms with E-state index < -0.39 is 0 Å². The van der Waals surface area contributed by atoms with Gasteiger partial charge < -0.3 is 10.4 Å². The molecule has 2 N–H and O–H groups in total. The molecule has 0 spiro atoms. The number of hydrogen-bond acceptors (Lipinski definition) is 7. The van der Waals surface area contributed by atoms with Crippen LogP contribution in [0.3, 0.4) is 0 Å². The van der Waals surface area contributed by atoms with Crippen molar-refractivity contribution in [1.82, 2.24) is 14.3 Å². The molecule has 2 fully saturated rings. The number of nitrogens with zero attached hydrogens (tertiary/aromatic N) is 3. The number of fused-ring (bicyclic) bond motifs is 1. The molecule has 9 heteroatoms. The monoisotopic (exact) mass is 458 g/mol. The van der Waals surface area contributed by atoms with Gasteiger partial charge in [0.05, 0.1) is 23.1 Å². The van der Waals surface area contributed by atoms with E-state index in [9.17, 15) is 14.7 Å². The van der Waals surface area contributed by atoms with Crippen molar-refractivity contribution in [1.29, 1.82) is 0 Å². The first kappa shape index (κ1) is 22.0. The summed E-state index contributed by atoms with van der Waals surface area (Å²) >= 11 is 6.73. The highest BCUT2D eigenvalue weighted by Gasteiger charge is 2.38. The summed E-state index contributed by atoms with van der Waals surface area (Å²) in [6, 6.07) is 3.58. The fraction of sp³-hybridized carbons (Fsp3) is 0.455. The van der Waals surface area contributed by atoms with E-state index in [2.05, 4.69) is 10.3 Å². The van der Waals surface area contributed by atoms with E-state index in [1.54, 1.807) is 23.2 Å². The predicted octanol–water partition coefficient (Wildman–Crippen LogP) is 3.33. The summed E-state index contributed by atoms with van der Waals surface area (Å²) in [6.07, 6.45) is 8.06. The van der Waals surface area contributed by atoms with Crippen molar-refractivity contribution in [3.8, 4) is 0 Å². The molecule has 1 saturated carbocycles. The molecule has 0 aromatic carbocycles. The SMILES string of the molecule is CC[C@H](CO)Nc1nc2c(C)cccn2c(=O)c1/C=C1\SC(=S)N(C2CCCC2)C1=O. The summed E-state index contributed by atoms with van der Waals surface area (Å²) in [5.41, 5.74) is 1.43. The number of carbonyl (C=O) groups is 1. The molecule has 1 aliphatic carbocycles. The first-order chi connectivity index (χ1) is 14.9. The number of pyridine rings is 1. The van der Waals surface area contributed by atoms with Crippen molar-refractivity contribution in [3.63, 3.8) is 0 Å². The molecule has 0 radical (unpaired) electrons. The fourth-order valence-electron chi connectivity index (χ4n) is 4.11. The Morgan fingerprint density at radius 3 is 2.81 bits per heavy atom. The maximum absolute atomic E-state index is 13.4. The number of thioether (sulfide) groups is 1. The summed E-state index contributed by atoms with van der Waals surface area (Å²) in [6.45, 7) is 3.75. The molecule has 0 bridgehead atoms. The highest BCUT2D eigenvalue weighted by molar-refractivity contribution is 8.26. The van der Waals surface area contributed by atoms with Crippen LogP contribution in [0.2, 0.25) is 0 Å². The van der Waals surface area contributed by atoms with Gasteiger partial charge in [-0.2, -0.15) is 0 Å². The Balaban J connectivity index is 1.82. The van der Waals surface area contributed by atoms with Gasteiger partial charge in [0.15, 0.2) is 0 Å². The quantitative estimate of drug-likeness (QED) is 0.507. The van der Waals surface area contributed by atoms with Gasteiger partial charge in [-0.1, -0.05) is 49.8 Å². The van der Waals surface area contributed by atoms with Gasteiger partial charge in [-0.15, -0.1) is 0 Å². The molecule has 7 nitrogen and oxygen atoms in total. The number of anilines is 1. The second-order valence-electron chi connectivity index (χ2n) is 7.99. The van der Waals surface area contributed by atoms with E-state index in [1.165, 1.54) is 16.2 Å². The number of nitrogens with one attached hydrogen (secondary N) is 1. The molecular weight excluding hydrogens is 432 g/mol. The van der Waals surface area contributed by atoms with Crippen LogP contribution >= 0.6 is 24.0 Å². The van der Waals surface area contributed by atoms with Gasteiger partial charge in [0.2, 0.25) is 0 Å². The largest absolute Gasteiger partial charge is 0.394 e. The summed E-state index contributed by atoms with van der Waals surface area (Å²) < 4.78 is 2.04. The van der Waals surface area contributed by atoms with E-state index >= 15 is 0 Å². The van der Waals surface area contributed by atoms with E-state index in [0.717, 1.165) is 31.2 Å². The Bertz CT molecular complexity index is 1120. The lowest BCUT2D eigenvalue weighted by Gasteiger charge is -2.22.